The zero-order valence-electron chi connectivity index (χ0n) is 5.88. The Morgan fingerprint density at radius 3 is 1.62 bits per heavy atom. The molecule has 76 valence electrons. The zero-order chi connectivity index (χ0) is 10.9. The van der Waals surface area contributed by atoms with Gasteiger partial charge in [-0.25, -0.2) is 0 Å². The molecule has 0 saturated carbocycles. The minimum Gasteiger partial charge on any atom is -0.300 e. The number of halogens is 6. The Kier molecular flexibility index (Phi) is 3.42. The zero-order valence-corrected chi connectivity index (χ0v) is 6.70. The van der Waals surface area contributed by atoms with Crippen molar-refractivity contribution in [3.05, 3.63) is 0 Å². The van der Waals surface area contributed by atoms with E-state index in [0.29, 0.717) is 0 Å². The molecule has 0 aliphatic heterocycles. The molecule has 0 fully saturated rings. The van der Waals surface area contributed by atoms with E-state index in [1.807, 2.05) is 0 Å². The maximum atomic E-state index is 11.6. The van der Waals surface area contributed by atoms with Gasteiger partial charge < -0.3 is 5.41 Å². The second-order valence-electron chi connectivity index (χ2n) is 2.07. The maximum absolute atomic E-state index is 11.6. The van der Waals surface area contributed by atoms with E-state index in [0.717, 1.165) is 0 Å². The first-order valence-corrected chi connectivity index (χ1v) is 3.20. The Labute approximate surface area is 74.2 Å². The third-order valence-corrected chi connectivity index (χ3v) is 1.37. The van der Waals surface area contributed by atoms with E-state index in [-0.39, 0.29) is 0 Å². The van der Waals surface area contributed by atoms with Crippen LogP contribution in [0.2, 0.25) is 0 Å². The largest absolute Gasteiger partial charge is 0.429 e. The summed E-state index contributed by atoms with van der Waals surface area (Å²) in [6, 6.07) is 0. The predicted octanol–water partition coefficient (Wildman–Crippen LogP) is 2.89. The van der Waals surface area contributed by atoms with Crippen molar-refractivity contribution in [1.82, 2.24) is 0 Å². The Morgan fingerprint density at radius 2 is 1.38 bits per heavy atom. The highest BCUT2D eigenvalue weighted by atomic mass is 32.1. The van der Waals surface area contributed by atoms with E-state index in [1.165, 1.54) is 0 Å². The minimum atomic E-state index is -5.05. The first-order valence-electron chi connectivity index (χ1n) is 2.80. The fourth-order valence-electron chi connectivity index (χ4n) is 0.361. The molecule has 0 radical (unpaired) electrons. The van der Waals surface area contributed by atoms with E-state index < -0.39 is 29.3 Å². The van der Waals surface area contributed by atoms with Crippen LogP contribution in [-0.2, 0) is 0 Å². The van der Waals surface area contributed by atoms with Gasteiger partial charge in [-0.2, -0.15) is 26.3 Å². The van der Waals surface area contributed by atoms with Crippen molar-refractivity contribution < 1.29 is 26.3 Å². The van der Waals surface area contributed by atoms with Gasteiger partial charge in [0.25, 0.3) is 0 Å². The molecule has 13 heavy (non-hydrogen) atoms. The van der Waals surface area contributed by atoms with Crippen molar-refractivity contribution in [2.75, 3.05) is 0 Å². The number of alkyl halides is 6. The molecule has 0 heterocycles. The molecular weight excluding hydrogens is 220 g/mol. The van der Waals surface area contributed by atoms with E-state index in [2.05, 4.69) is 12.2 Å². The lowest BCUT2D eigenvalue weighted by Gasteiger charge is -2.10. The lowest BCUT2D eigenvalue weighted by Crippen LogP contribution is -2.30. The van der Waals surface area contributed by atoms with Crippen LogP contribution in [0.15, 0.2) is 0 Å². The summed E-state index contributed by atoms with van der Waals surface area (Å²) in [7, 11) is 0. The molecule has 8 heteroatoms. The summed E-state index contributed by atoms with van der Waals surface area (Å²) in [5.41, 5.74) is -1.99. The van der Waals surface area contributed by atoms with Crippen molar-refractivity contribution in [3.63, 3.8) is 0 Å². The van der Waals surface area contributed by atoms with Gasteiger partial charge in [0, 0.05) is 6.42 Å². The molecule has 1 nitrogen and oxygen atoms in total. The Morgan fingerprint density at radius 1 is 1.00 bits per heavy atom. The Hall–Kier alpha value is -0.660. The monoisotopic (exact) mass is 223 g/mol. The quantitative estimate of drug-likeness (QED) is 0.434. The first-order chi connectivity index (χ1) is 5.55. The molecule has 0 aromatic rings. The van der Waals surface area contributed by atoms with Gasteiger partial charge in [-0.05, 0) is 0 Å². The van der Waals surface area contributed by atoms with Crippen LogP contribution < -0.4 is 0 Å². The summed E-state index contributed by atoms with van der Waals surface area (Å²) in [5.74, 6) is 0. The third kappa shape index (κ3) is 4.20. The molecule has 0 spiro atoms. The number of thiocarbonyl (C=S) groups is 1. The second kappa shape index (κ2) is 3.60. The van der Waals surface area contributed by atoms with Crippen LogP contribution in [0.25, 0.3) is 0 Å². The van der Waals surface area contributed by atoms with Gasteiger partial charge >= 0.3 is 12.4 Å². The third-order valence-electron chi connectivity index (χ3n) is 0.996. The van der Waals surface area contributed by atoms with Crippen LogP contribution in [0.4, 0.5) is 26.3 Å². The highest BCUT2D eigenvalue weighted by Crippen LogP contribution is 2.24. The minimum absolute atomic E-state index is 1.59. The van der Waals surface area contributed by atoms with Crippen molar-refractivity contribution in [2.24, 2.45) is 0 Å². The van der Waals surface area contributed by atoms with Gasteiger partial charge in [-0.15, -0.1) is 0 Å². The van der Waals surface area contributed by atoms with Crippen molar-refractivity contribution in [2.45, 2.75) is 18.8 Å². The highest BCUT2D eigenvalue weighted by molar-refractivity contribution is 7.80. The number of nitrogens with one attached hydrogen (secondary N) is 1. The van der Waals surface area contributed by atoms with E-state index in [4.69, 9.17) is 5.41 Å². The van der Waals surface area contributed by atoms with Crippen LogP contribution in [0.1, 0.15) is 6.42 Å². The topological polar surface area (TPSA) is 23.9 Å². The molecule has 1 N–H and O–H groups in total. The van der Waals surface area contributed by atoms with E-state index in [1.54, 1.807) is 0 Å². The maximum Gasteiger partial charge on any atom is 0.429 e. The van der Waals surface area contributed by atoms with Gasteiger partial charge in [0.15, 0.2) is 0 Å². The summed E-state index contributed by atoms with van der Waals surface area (Å²) < 4.78 is 69.4. The number of rotatable bonds is 2. The molecular formula is C5H3F6NS. The van der Waals surface area contributed by atoms with Crippen molar-refractivity contribution in [1.29, 1.82) is 5.41 Å². The molecule has 0 rings (SSSR count). The fraction of sp³-hybridized carbons (Fsp3) is 0.600. The molecule has 0 aliphatic rings. The molecule has 0 bridgehead atoms. The Balaban J connectivity index is 4.34. The second-order valence-corrected chi connectivity index (χ2v) is 2.57. The van der Waals surface area contributed by atoms with Crippen LogP contribution in [-0.4, -0.2) is 22.9 Å². The van der Waals surface area contributed by atoms with Gasteiger partial charge in [0.1, 0.15) is 10.6 Å². The van der Waals surface area contributed by atoms with Gasteiger partial charge in [0.2, 0.25) is 0 Å². The van der Waals surface area contributed by atoms with Crippen LogP contribution in [0, 0.1) is 5.41 Å². The summed E-state index contributed by atoms with van der Waals surface area (Å²) in [6.07, 6.45) is -11.6. The van der Waals surface area contributed by atoms with Crippen LogP contribution in [0.5, 0.6) is 0 Å². The SMILES string of the molecule is N=C(CC(=S)C(F)(F)F)C(F)(F)F. The molecule has 0 aromatic heterocycles. The smallest absolute Gasteiger partial charge is 0.300 e. The van der Waals surface area contributed by atoms with Crippen LogP contribution >= 0.6 is 12.2 Å². The molecule has 0 atom stereocenters. The van der Waals surface area contributed by atoms with Crippen molar-refractivity contribution in [3.8, 4) is 0 Å². The van der Waals surface area contributed by atoms with Crippen LogP contribution in [0.3, 0.4) is 0 Å². The van der Waals surface area contributed by atoms with E-state index >= 15 is 0 Å². The van der Waals surface area contributed by atoms with Gasteiger partial charge in [0.05, 0.1) is 0 Å². The lowest BCUT2D eigenvalue weighted by molar-refractivity contribution is -0.0641. The average molecular weight is 223 g/mol. The molecule has 0 unspecified atom stereocenters. The van der Waals surface area contributed by atoms with Gasteiger partial charge in [-0.3, -0.25) is 0 Å². The predicted molar refractivity (Wildman–Crippen MR) is 37.1 cm³/mol. The molecule has 0 aliphatic carbocycles. The van der Waals surface area contributed by atoms with Crippen molar-refractivity contribution >= 4 is 22.8 Å². The first kappa shape index (κ1) is 12.3. The van der Waals surface area contributed by atoms with Gasteiger partial charge in [-0.1, -0.05) is 12.2 Å². The molecule has 0 amide bonds. The summed E-state index contributed by atoms with van der Waals surface area (Å²) in [4.78, 5) is -1.74. The molecule has 0 saturated heterocycles. The number of hydrogen-bond acceptors (Lipinski definition) is 2. The summed E-state index contributed by atoms with van der Waals surface area (Å²) in [6.45, 7) is 0. The fourth-order valence-corrected chi connectivity index (χ4v) is 0.505. The standard InChI is InChI=1S/C5H3F6NS/c6-4(7,8)2(12)1-3(13)5(9,10)11/h12H,1H2. The highest BCUT2D eigenvalue weighted by Gasteiger charge is 2.40. The lowest BCUT2D eigenvalue weighted by atomic mass is 10.2. The number of hydrogen-bond donors (Lipinski definition) is 1. The normalized spacial score (nSPS) is 12.8. The average Bonchev–Trinajstić information content (AvgIpc) is 1.82. The summed E-state index contributed by atoms with van der Waals surface area (Å²) >= 11 is 3.67. The Bertz CT molecular complexity index is 202. The summed E-state index contributed by atoms with van der Waals surface area (Å²) in [5, 5.41) is 6.24. The van der Waals surface area contributed by atoms with E-state index in [9.17, 15) is 26.3 Å². The molecule has 0 aromatic carbocycles.